The third-order valence-corrected chi connectivity index (χ3v) is 2.86. The Kier molecular flexibility index (Phi) is 1.19. The first kappa shape index (κ1) is 6.14. The molecule has 1 nitrogen and oxygen atoms in total. The molecule has 0 aromatic rings. The van der Waals surface area contributed by atoms with Crippen LogP contribution in [0.5, 0.6) is 0 Å². The minimum Gasteiger partial charge on any atom is -0.299 e. The minimum absolute atomic E-state index is 0.321. The molecular weight excluding hydrogens is 124 g/mol. The molecule has 3 atom stereocenters. The zero-order chi connectivity index (χ0) is 7.14. The summed E-state index contributed by atoms with van der Waals surface area (Å²) in [6.07, 6.45) is 6.65. The van der Waals surface area contributed by atoms with E-state index < -0.39 is 0 Å². The topological polar surface area (TPSA) is 17.1 Å². The maximum Gasteiger partial charge on any atom is 0.139 e. The molecule has 2 rings (SSSR count). The van der Waals surface area contributed by atoms with Crippen molar-refractivity contribution >= 4 is 5.78 Å². The predicted molar refractivity (Wildman–Crippen MR) is 39.5 cm³/mol. The summed E-state index contributed by atoms with van der Waals surface area (Å²) in [5.41, 5.74) is 0. The molecule has 0 aromatic carbocycles. The highest BCUT2D eigenvalue weighted by atomic mass is 16.1. The first-order valence-corrected chi connectivity index (χ1v) is 4.01. The molecule has 0 N–H and O–H groups in total. The molecule has 0 unspecified atom stereocenters. The lowest BCUT2D eigenvalue weighted by atomic mass is 9.61. The SMILES string of the molecule is C[C@H]1C(=O)[C@H]2CCC=C[C@H]21. The fourth-order valence-electron chi connectivity index (χ4n) is 2.11. The van der Waals surface area contributed by atoms with E-state index in [4.69, 9.17) is 0 Å². The van der Waals surface area contributed by atoms with E-state index in [2.05, 4.69) is 12.2 Å². The van der Waals surface area contributed by atoms with E-state index in [0.29, 0.717) is 23.5 Å². The van der Waals surface area contributed by atoms with Crippen molar-refractivity contribution < 1.29 is 4.79 Å². The Labute approximate surface area is 61.1 Å². The van der Waals surface area contributed by atoms with Crippen LogP contribution in [-0.2, 0) is 4.79 Å². The molecule has 2 aliphatic carbocycles. The van der Waals surface area contributed by atoms with Crippen LogP contribution in [0, 0.1) is 17.8 Å². The molecule has 1 fully saturated rings. The van der Waals surface area contributed by atoms with Crippen molar-refractivity contribution in [3.05, 3.63) is 12.2 Å². The minimum atomic E-state index is 0.321. The van der Waals surface area contributed by atoms with Gasteiger partial charge >= 0.3 is 0 Å². The summed E-state index contributed by atoms with van der Waals surface area (Å²) in [7, 11) is 0. The lowest BCUT2D eigenvalue weighted by molar-refractivity contribution is -0.139. The van der Waals surface area contributed by atoms with E-state index in [0.717, 1.165) is 12.8 Å². The Balaban J connectivity index is 2.18. The fourth-order valence-corrected chi connectivity index (χ4v) is 2.11. The third-order valence-electron chi connectivity index (χ3n) is 2.86. The van der Waals surface area contributed by atoms with Crippen molar-refractivity contribution in [2.75, 3.05) is 0 Å². The average Bonchev–Trinajstić information content (AvgIpc) is 2.03. The number of hydrogen-bond acceptors (Lipinski definition) is 1. The van der Waals surface area contributed by atoms with E-state index in [9.17, 15) is 4.79 Å². The number of carbonyl (C=O) groups excluding carboxylic acids is 1. The fraction of sp³-hybridized carbons (Fsp3) is 0.667. The lowest BCUT2D eigenvalue weighted by Crippen LogP contribution is -2.45. The average molecular weight is 136 g/mol. The van der Waals surface area contributed by atoms with Gasteiger partial charge in [0.1, 0.15) is 5.78 Å². The molecule has 1 heteroatoms. The molecule has 54 valence electrons. The molecule has 0 saturated heterocycles. The summed E-state index contributed by atoms with van der Waals surface area (Å²) in [4.78, 5) is 11.2. The number of Topliss-reactive ketones (excluding diaryl/α,β-unsaturated/α-hetero) is 1. The van der Waals surface area contributed by atoms with Crippen LogP contribution >= 0.6 is 0 Å². The molecule has 10 heavy (non-hydrogen) atoms. The van der Waals surface area contributed by atoms with Gasteiger partial charge in [0.15, 0.2) is 0 Å². The van der Waals surface area contributed by atoms with Crippen LogP contribution in [0.4, 0.5) is 0 Å². The van der Waals surface area contributed by atoms with E-state index in [-0.39, 0.29) is 0 Å². The van der Waals surface area contributed by atoms with Gasteiger partial charge in [-0.2, -0.15) is 0 Å². The molecule has 0 radical (unpaired) electrons. The van der Waals surface area contributed by atoms with Crippen LogP contribution in [0.15, 0.2) is 12.2 Å². The van der Waals surface area contributed by atoms with Crippen molar-refractivity contribution in [3.63, 3.8) is 0 Å². The van der Waals surface area contributed by atoms with Crippen LogP contribution in [0.1, 0.15) is 19.8 Å². The van der Waals surface area contributed by atoms with Gasteiger partial charge in [0.05, 0.1) is 0 Å². The predicted octanol–water partition coefficient (Wildman–Crippen LogP) is 1.79. The molecule has 0 spiro atoms. The Morgan fingerprint density at radius 1 is 1.60 bits per heavy atom. The van der Waals surface area contributed by atoms with E-state index in [1.54, 1.807) is 0 Å². The first-order chi connectivity index (χ1) is 4.80. The van der Waals surface area contributed by atoms with Gasteiger partial charge in [-0.15, -0.1) is 0 Å². The number of fused-ring (bicyclic) bond motifs is 1. The number of ketones is 1. The highest BCUT2D eigenvalue weighted by molar-refractivity contribution is 5.90. The van der Waals surface area contributed by atoms with Gasteiger partial charge in [0.2, 0.25) is 0 Å². The molecular formula is C9H12O. The van der Waals surface area contributed by atoms with E-state index in [1.807, 2.05) is 6.92 Å². The molecule has 0 aliphatic heterocycles. The van der Waals surface area contributed by atoms with Crippen LogP contribution < -0.4 is 0 Å². The van der Waals surface area contributed by atoms with Crippen molar-refractivity contribution in [1.82, 2.24) is 0 Å². The van der Waals surface area contributed by atoms with Crippen molar-refractivity contribution in [2.45, 2.75) is 19.8 Å². The Bertz CT molecular complexity index is 193. The summed E-state index contributed by atoms with van der Waals surface area (Å²) >= 11 is 0. The van der Waals surface area contributed by atoms with Gasteiger partial charge < -0.3 is 0 Å². The van der Waals surface area contributed by atoms with Crippen molar-refractivity contribution in [3.8, 4) is 0 Å². The van der Waals surface area contributed by atoms with Crippen molar-refractivity contribution in [1.29, 1.82) is 0 Å². The second-order valence-electron chi connectivity index (χ2n) is 3.38. The molecule has 1 saturated carbocycles. The monoisotopic (exact) mass is 136 g/mol. The van der Waals surface area contributed by atoms with Gasteiger partial charge in [-0.1, -0.05) is 19.1 Å². The summed E-state index contributed by atoms with van der Waals surface area (Å²) < 4.78 is 0. The molecule has 0 heterocycles. The van der Waals surface area contributed by atoms with Gasteiger partial charge in [0.25, 0.3) is 0 Å². The maximum atomic E-state index is 11.2. The highest BCUT2D eigenvalue weighted by Crippen LogP contribution is 2.42. The molecule has 2 aliphatic rings. The second kappa shape index (κ2) is 1.94. The van der Waals surface area contributed by atoms with Crippen LogP contribution in [-0.4, -0.2) is 5.78 Å². The van der Waals surface area contributed by atoms with E-state index in [1.165, 1.54) is 0 Å². The Hall–Kier alpha value is -0.590. The van der Waals surface area contributed by atoms with Gasteiger partial charge in [-0.25, -0.2) is 0 Å². The van der Waals surface area contributed by atoms with Gasteiger partial charge in [0, 0.05) is 11.8 Å². The van der Waals surface area contributed by atoms with Gasteiger partial charge in [-0.3, -0.25) is 4.79 Å². The van der Waals surface area contributed by atoms with Gasteiger partial charge in [-0.05, 0) is 18.8 Å². The number of carbonyl (C=O) groups is 1. The number of allylic oxidation sites excluding steroid dienone is 2. The third kappa shape index (κ3) is 0.606. The maximum absolute atomic E-state index is 11.2. The summed E-state index contributed by atoms with van der Waals surface area (Å²) in [6, 6.07) is 0. The van der Waals surface area contributed by atoms with E-state index >= 15 is 0 Å². The summed E-state index contributed by atoms with van der Waals surface area (Å²) in [6.45, 7) is 2.04. The summed E-state index contributed by atoms with van der Waals surface area (Å²) in [5, 5.41) is 0. The Morgan fingerprint density at radius 2 is 2.40 bits per heavy atom. The number of hydrogen-bond donors (Lipinski definition) is 0. The zero-order valence-electron chi connectivity index (χ0n) is 6.21. The normalized spacial score (nSPS) is 44.5. The Morgan fingerprint density at radius 3 is 3.10 bits per heavy atom. The molecule has 0 amide bonds. The quantitative estimate of drug-likeness (QED) is 0.464. The highest BCUT2D eigenvalue weighted by Gasteiger charge is 2.45. The van der Waals surface area contributed by atoms with Crippen LogP contribution in [0.3, 0.4) is 0 Å². The number of rotatable bonds is 0. The smallest absolute Gasteiger partial charge is 0.139 e. The first-order valence-electron chi connectivity index (χ1n) is 4.01. The second-order valence-corrected chi connectivity index (χ2v) is 3.38. The molecule has 0 aromatic heterocycles. The lowest BCUT2D eigenvalue weighted by Gasteiger charge is -2.41. The summed E-state index contributed by atoms with van der Waals surface area (Å²) in [5.74, 6) is 1.82. The largest absolute Gasteiger partial charge is 0.299 e. The van der Waals surface area contributed by atoms with Crippen LogP contribution in [0.25, 0.3) is 0 Å². The van der Waals surface area contributed by atoms with Crippen LogP contribution in [0.2, 0.25) is 0 Å². The standard InChI is InChI=1S/C9H12O/c1-6-7-4-2-3-5-8(7)9(6)10/h2,4,6-8H,3,5H2,1H3/t6-,7+,8+/m1/s1. The van der Waals surface area contributed by atoms with Crippen molar-refractivity contribution in [2.24, 2.45) is 17.8 Å². The molecule has 0 bridgehead atoms. The zero-order valence-corrected chi connectivity index (χ0v) is 6.21.